The second-order valence-corrected chi connectivity index (χ2v) is 5.14. The first-order valence-electron chi connectivity index (χ1n) is 7.94. The molecule has 0 atom stereocenters. The number of ether oxygens (including phenoxy) is 3. The summed E-state index contributed by atoms with van der Waals surface area (Å²) in [6.45, 7) is 7.12. The van der Waals surface area contributed by atoms with Crippen molar-refractivity contribution >= 4 is 11.7 Å². The third kappa shape index (κ3) is 3.59. The summed E-state index contributed by atoms with van der Waals surface area (Å²) < 4.78 is 16.2. The number of nitrogens with zero attached hydrogens (tertiary/aromatic N) is 1. The molecule has 3 rings (SSSR count). The normalized spacial score (nSPS) is 19.5. The summed E-state index contributed by atoms with van der Waals surface area (Å²) >= 11 is 0. The molecule has 5 heteroatoms. The van der Waals surface area contributed by atoms with Crippen LogP contribution in [0.3, 0.4) is 0 Å². The van der Waals surface area contributed by atoms with Crippen molar-refractivity contribution < 1.29 is 19.0 Å². The number of carbonyl (C=O) groups excluding carboxylic acids is 1. The number of carbonyl (C=O) groups is 1. The van der Waals surface area contributed by atoms with Crippen LogP contribution in [0.5, 0.6) is 0 Å². The van der Waals surface area contributed by atoms with E-state index in [1.165, 1.54) is 7.11 Å². The molecule has 0 unspecified atom stereocenters. The third-order valence-electron chi connectivity index (χ3n) is 3.97. The highest BCUT2D eigenvalue weighted by Gasteiger charge is 2.39. The number of piperidine rings is 1. The van der Waals surface area contributed by atoms with E-state index in [2.05, 4.69) is 4.90 Å². The molecule has 0 aliphatic carbocycles. The van der Waals surface area contributed by atoms with Crippen molar-refractivity contribution in [3.8, 4) is 0 Å². The Morgan fingerprint density at radius 2 is 1.82 bits per heavy atom. The van der Waals surface area contributed by atoms with Crippen LogP contribution in [0.1, 0.15) is 37.0 Å². The maximum absolute atomic E-state index is 11.6. The highest BCUT2D eigenvalue weighted by atomic mass is 16.7. The molecule has 0 saturated carbocycles. The van der Waals surface area contributed by atoms with Crippen LogP contribution in [-0.4, -0.2) is 45.2 Å². The second-order valence-electron chi connectivity index (χ2n) is 5.14. The summed E-state index contributed by atoms with van der Waals surface area (Å²) in [6.07, 6.45) is 1.71. The molecule has 2 saturated heterocycles. The van der Waals surface area contributed by atoms with Gasteiger partial charge in [0, 0.05) is 31.6 Å². The Labute approximate surface area is 132 Å². The molecular formula is C17H25NO4. The van der Waals surface area contributed by atoms with E-state index in [9.17, 15) is 4.79 Å². The third-order valence-corrected chi connectivity index (χ3v) is 3.97. The van der Waals surface area contributed by atoms with Gasteiger partial charge < -0.3 is 19.1 Å². The maximum Gasteiger partial charge on any atom is 0.337 e. The Balaban J connectivity index is 0.000000847. The average molecular weight is 307 g/mol. The van der Waals surface area contributed by atoms with Crippen molar-refractivity contribution in [2.24, 2.45) is 0 Å². The zero-order valence-corrected chi connectivity index (χ0v) is 13.6. The van der Waals surface area contributed by atoms with Crippen LogP contribution in [0, 0.1) is 0 Å². The van der Waals surface area contributed by atoms with Gasteiger partial charge in [0.05, 0.1) is 25.9 Å². The van der Waals surface area contributed by atoms with Gasteiger partial charge in [0.15, 0.2) is 5.79 Å². The predicted molar refractivity (Wildman–Crippen MR) is 85.2 cm³/mol. The minimum Gasteiger partial charge on any atom is -0.465 e. The highest BCUT2D eigenvalue weighted by molar-refractivity contribution is 5.90. The smallest absolute Gasteiger partial charge is 0.337 e. The fourth-order valence-electron chi connectivity index (χ4n) is 2.84. The van der Waals surface area contributed by atoms with Crippen LogP contribution >= 0.6 is 0 Å². The molecule has 122 valence electrons. The van der Waals surface area contributed by atoms with E-state index in [1.807, 2.05) is 32.0 Å². The lowest BCUT2D eigenvalue weighted by molar-refractivity contribution is -0.169. The summed E-state index contributed by atoms with van der Waals surface area (Å²) in [5.41, 5.74) is 1.62. The minimum atomic E-state index is -0.365. The molecule has 2 aliphatic rings. The molecule has 1 aromatic rings. The highest BCUT2D eigenvalue weighted by Crippen LogP contribution is 2.33. The van der Waals surface area contributed by atoms with Crippen molar-refractivity contribution in [3.05, 3.63) is 29.8 Å². The molecule has 0 amide bonds. The molecule has 2 heterocycles. The van der Waals surface area contributed by atoms with E-state index in [-0.39, 0.29) is 11.8 Å². The van der Waals surface area contributed by atoms with Gasteiger partial charge in [-0.1, -0.05) is 19.9 Å². The Hall–Kier alpha value is -1.59. The van der Waals surface area contributed by atoms with Gasteiger partial charge in [-0.15, -0.1) is 0 Å². The molecular weight excluding hydrogens is 282 g/mol. The average Bonchev–Trinajstić information content (AvgIpc) is 3.05. The Morgan fingerprint density at radius 1 is 1.18 bits per heavy atom. The van der Waals surface area contributed by atoms with Gasteiger partial charge in [0.1, 0.15) is 0 Å². The number of methoxy groups -OCH3 is 1. The van der Waals surface area contributed by atoms with Gasteiger partial charge in [0.25, 0.3) is 0 Å². The van der Waals surface area contributed by atoms with Gasteiger partial charge in [0.2, 0.25) is 0 Å². The fourth-order valence-corrected chi connectivity index (χ4v) is 2.84. The lowest BCUT2D eigenvalue weighted by atomic mass is 10.0. The summed E-state index contributed by atoms with van der Waals surface area (Å²) in [5, 5.41) is 0. The van der Waals surface area contributed by atoms with E-state index in [0.717, 1.165) is 31.6 Å². The Bertz CT molecular complexity index is 487. The number of anilines is 1. The number of benzene rings is 1. The number of rotatable bonds is 2. The zero-order valence-electron chi connectivity index (χ0n) is 13.6. The van der Waals surface area contributed by atoms with Crippen molar-refractivity contribution in [1.82, 2.24) is 0 Å². The molecule has 1 aromatic carbocycles. The topological polar surface area (TPSA) is 48.0 Å². The quantitative estimate of drug-likeness (QED) is 0.786. The van der Waals surface area contributed by atoms with E-state index in [4.69, 9.17) is 14.2 Å². The standard InChI is InChI=1S/C15H19NO4.C2H6/c1-18-14(17)12-3-2-4-13(11-12)16-7-5-15(6-8-16)19-9-10-20-15;1-2/h2-4,11H,5-10H2,1H3;1-2H3. The van der Waals surface area contributed by atoms with E-state index in [0.29, 0.717) is 18.8 Å². The molecule has 2 fully saturated rings. The lowest BCUT2D eigenvalue weighted by Crippen LogP contribution is -2.45. The van der Waals surface area contributed by atoms with Gasteiger partial charge in [-0.25, -0.2) is 4.79 Å². The zero-order chi connectivity index (χ0) is 16.0. The van der Waals surface area contributed by atoms with Crippen molar-refractivity contribution in [2.75, 3.05) is 38.3 Å². The number of hydrogen-bond donors (Lipinski definition) is 0. The van der Waals surface area contributed by atoms with Crippen LogP contribution < -0.4 is 4.90 Å². The summed E-state index contributed by atoms with van der Waals surface area (Å²) in [5.74, 6) is -0.668. The van der Waals surface area contributed by atoms with Gasteiger partial charge in [-0.2, -0.15) is 0 Å². The van der Waals surface area contributed by atoms with Crippen LogP contribution in [0.15, 0.2) is 24.3 Å². The number of esters is 1. The Morgan fingerprint density at radius 3 is 2.41 bits per heavy atom. The van der Waals surface area contributed by atoms with Gasteiger partial charge >= 0.3 is 5.97 Å². The van der Waals surface area contributed by atoms with Crippen LogP contribution in [-0.2, 0) is 14.2 Å². The first-order valence-corrected chi connectivity index (χ1v) is 7.94. The molecule has 0 radical (unpaired) electrons. The molecule has 0 N–H and O–H groups in total. The summed E-state index contributed by atoms with van der Waals surface area (Å²) in [6, 6.07) is 7.54. The molecule has 22 heavy (non-hydrogen) atoms. The number of hydrogen-bond acceptors (Lipinski definition) is 5. The molecule has 0 aromatic heterocycles. The molecule has 2 aliphatic heterocycles. The van der Waals surface area contributed by atoms with Crippen LogP contribution in [0.25, 0.3) is 0 Å². The SMILES string of the molecule is CC.COC(=O)c1cccc(N2CCC3(CC2)OCCO3)c1. The second kappa shape index (κ2) is 7.61. The minimum absolute atomic E-state index is 0.303. The summed E-state index contributed by atoms with van der Waals surface area (Å²) in [4.78, 5) is 13.8. The van der Waals surface area contributed by atoms with Crippen molar-refractivity contribution in [2.45, 2.75) is 32.5 Å². The fraction of sp³-hybridized carbons (Fsp3) is 0.588. The van der Waals surface area contributed by atoms with Gasteiger partial charge in [-0.05, 0) is 18.2 Å². The van der Waals surface area contributed by atoms with Crippen LogP contribution in [0.4, 0.5) is 5.69 Å². The van der Waals surface area contributed by atoms with Crippen molar-refractivity contribution in [3.63, 3.8) is 0 Å². The first kappa shape index (κ1) is 16.8. The van der Waals surface area contributed by atoms with E-state index in [1.54, 1.807) is 6.07 Å². The van der Waals surface area contributed by atoms with E-state index < -0.39 is 0 Å². The van der Waals surface area contributed by atoms with Crippen LogP contribution in [0.2, 0.25) is 0 Å². The predicted octanol–water partition coefficient (Wildman–Crippen LogP) is 2.84. The monoisotopic (exact) mass is 307 g/mol. The lowest BCUT2D eigenvalue weighted by Gasteiger charge is -2.38. The van der Waals surface area contributed by atoms with E-state index >= 15 is 0 Å². The summed E-state index contributed by atoms with van der Waals surface area (Å²) in [7, 11) is 1.40. The molecule has 0 bridgehead atoms. The Kier molecular flexibility index (Phi) is 5.80. The van der Waals surface area contributed by atoms with Gasteiger partial charge in [-0.3, -0.25) is 0 Å². The first-order chi connectivity index (χ1) is 10.7. The maximum atomic E-state index is 11.6. The van der Waals surface area contributed by atoms with Crippen molar-refractivity contribution in [1.29, 1.82) is 0 Å². The molecule has 5 nitrogen and oxygen atoms in total. The molecule has 1 spiro atoms. The largest absolute Gasteiger partial charge is 0.465 e.